The fourth-order valence-electron chi connectivity index (χ4n) is 1.84. The highest BCUT2D eigenvalue weighted by atomic mass is 35.5. The van der Waals surface area contributed by atoms with Gasteiger partial charge in [0.2, 0.25) is 5.82 Å². The molecule has 106 valence electrons. The zero-order valence-electron chi connectivity index (χ0n) is 10.5. The molecule has 0 saturated carbocycles. The lowest BCUT2D eigenvalue weighted by atomic mass is 10.2. The van der Waals surface area contributed by atoms with Crippen LogP contribution in [-0.4, -0.2) is 10.1 Å². The van der Waals surface area contributed by atoms with Crippen molar-refractivity contribution in [1.82, 2.24) is 10.1 Å². The summed E-state index contributed by atoms with van der Waals surface area (Å²) in [6.45, 7) is 0. The molecule has 7 heteroatoms. The largest absolute Gasteiger partial charge is 0.399 e. The summed E-state index contributed by atoms with van der Waals surface area (Å²) in [6, 6.07) is 10.1. The second kappa shape index (κ2) is 5.56. The Morgan fingerprint density at radius 2 is 1.67 bits per heavy atom. The van der Waals surface area contributed by atoms with Gasteiger partial charge in [0, 0.05) is 21.3 Å². The zero-order chi connectivity index (χ0) is 15.0. The smallest absolute Gasteiger partial charge is 0.259 e. The number of hydrogen-bond donors (Lipinski definition) is 1. The highest BCUT2D eigenvalue weighted by Gasteiger charge is 2.14. The van der Waals surface area contributed by atoms with Gasteiger partial charge in [0.25, 0.3) is 5.89 Å². The molecule has 2 N–H and O–H groups in total. The second-order valence-electron chi connectivity index (χ2n) is 4.32. The Kier molecular flexibility index (Phi) is 3.76. The Morgan fingerprint density at radius 1 is 0.952 bits per heavy atom. The molecular weight excluding hydrogens is 333 g/mol. The molecule has 0 atom stereocenters. The van der Waals surface area contributed by atoms with Gasteiger partial charge < -0.3 is 10.3 Å². The maximum atomic E-state index is 6.12. The maximum Gasteiger partial charge on any atom is 0.259 e. The van der Waals surface area contributed by atoms with Crippen molar-refractivity contribution >= 4 is 40.5 Å². The van der Waals surface area contributed by atoms with Gasteiger partial charge in [-0.1, -0.05) is 40.0 Å². The lowest BCUT2D eigenvalue weighted by Crippen LogP contribution is -1.86. The molecule has 0 saturated heterocycles. The van der Waals surface area contributed by atoms with Crippen molar-refractivity contribution in [3.05, 3.63) is 51.5 Å². The number of rotatable bonds is 2. The van der Waals surface area contributed by atoms with E-state index in [2.05, 4.69) is 10.1 Å². The van der Waals surface area contributed by atoms with Crippen LogP contribution in [0.15, 0.2) is 40.9 Å². The average molecular weight is 341 g/mol. The van der Waals surface area contributed by atoms with Crippen LogP contribution in [0.1, 0.15) is 0 Å². The van der Waals surface area contributed by atoms with Crippen LogP contribution in [0.3, 0.4) is 0 Å². The fourth-order valence-corrected chi connectivity index (χ4v) is 2.63. The number of benzene rings is 2. The van der Waals surface area contributed by atoms with Crippen molar-refractivity contribution in [3.63, 3.8) is 0 Å². The third kappa shape index (κ3) is 2.97. The van der Waals surface area contributed by atoms with Crippen molar-refractivity contribution in [2.45, 2.75) is 0 Å². The summed E-state index contributed by atoms with van der Waals surface area (Å²) in [4.78, 5) is 4.30. The number of aromatic nitrogens is 2. The van der Waals surface area contributed by atoms with Crippen LogP contribution in [0.2, 0.25) is 15.1 Å². The van der Waals surface area contributed by atoms with Crippen molar-refractivity contribution in [2.75, 3.05) is 5.73 Å². The van der Waals surface area contributed by atoms with Crippen LogP contribution in [0.5, 0.6) is 0 Å². The Labute approximate surface area is 135 Å². The van der Waals surface area contributed by atoms with E-state index >= 15 is 0 Å². The van der Waals surface area contributed by atoms with Gasteiger partial charge >= 0.3 is 0 Å². The maximum absolute atomic E-state index is 6.12. The van der Waals surface area contributed by atoms with Crippen molar-refractivity contribution in [1.29, 1.82) is 0 Å². The van der Waals surface area contributed by atoms with Crippen LogP contribution >= 0.6 is 34.8 Å². The van der Waals surface area contributed by atoms with Crippen molar-refractivity contribution in [3.8, 4) is 22.8 Å². The van der Waals surface area contributed by atoms with Crippen molar-refractivity contribution < 1.29 is 4.52 Å². The standard InChI is InChI=1S/C14H8Cl3N3O/c15-8-3-7(4-9(16)5-8)13-19-14(21-20-13)11-2-1-10(18)6-12(11)17/h1-6H,18H2. The second-order valence-corrected chi connectivity index (χ2v) is 5.60. The molecule has 0 amide bonds. The quantitative estimate of drug-likeness (QED) is 0.671. The molecular formula is C14H8Cl3N3O. The number of halogens is 3. The monoisotopic (exact) mass is 339 g/mol. The summed E-state index contributed by atoms with van der Waals surface area (Å²) in [7, 11) is 0. The minimum Gasteiger partial charge on any atom is -0.399 e. The summed E-state index contributed by atoms with van der Waals surface area (Å²) >= 11 is 18.0. The molecule has 0 fully saturated rings. The Balaban J connectivity index is 2.03. The number of nitrogens with two attached hydrogens (primary N) is 1. The first-order chi connectivity index (χ1) is 10.0. The Hall–Kier alpha value is -1.75. The third-order valence-corrected chi connectivity index (χ3v) is 3.52. The van der Waals surface area contributed by atoms with E-state index in [0.717, 1.165) is 0 Å². The zero-order valence-corrected chi connectivity index (χ0v) is 12.7. The van der Waals surface area contributed by atoms with Crippen LogP contribution in [-0.2, 0) is 0 Å². The van der Waals surface area contributed by atoms with Gasteiger partial charge in [-0.3, -0.25) is 0 Å². The molecule has 0 spiro atoms. The molecule has 3 aromatic rings. The van der Waals surface area contributed by atoms with Crippen molar-refractivity contribution in [2.24, 2.45) is 0 Å². The SMILES string of the molecule is Nc1ccc(-c2nc(-c3cc(Cl)cc(Cl)c3)no2)c(Cl)c1. The first-order valence-corrected chi connectivity index (χ1v) is 7.02. The average Bonchev–Trinajstić information content (AvgIpc) is 2.87. The molecule has 0 aliphatic heterocycles. The minimum atomic E-state index is 0.297. The van der Waals surface area contributed by atoms with Gasteiger partial charge in [-0.05, 0) is 36.4 Å². The van der Waals surface area contributed by atoms with Gasteiger partial charge in [0.05, 0.1) is 10.6 Å². The summed E-state index contributed by atoms with van der Waals surface area (Å²) in [5.41, 5.74) is 7.49. The van der Waals surface area contributed by atoms with Gasteiger partial charge in [-0.2, -0.15) is 4.98 Å². The number of nitrogen functional groups attached to an aromatic ring is 1. The van der Waals surface area contributed by atoms with Gasteiger partial charge in [-0.25, -0.2) is 0 Å². The van der Waals surface area contributed by atoms with Gasteiger partial charge in [0.1, 0.15) is 0 Å². The number of nitrogens with zero attached hydrogens (tertiary/aromatic N) is 2. The summed E-state index contributed by atoms with van der Waals surface area (Å²) in [5.74, 6) is 0.674. The highest BCUT2D eigenvalue weighted by Crippen LogP contribution is 2.31. The molecule has 0 aliphatic rings. The van der Waals surface area contributed by atoms with E-state index in [9.17, 15) is 0 Å². The third-order valence-electron chi connectivity index (χ3n) is 2.77. The highest BCUT2D eigenvalue weighted by molar-refractivity contribution is 6.35. The van der Waals surface area contributed by atoms with Crippen LogP contribution in [0, 0.1) is 0 Å². The van der Waals surface area contributed by atoms with Gasteiger partial charge in [-0.15, -0.1) is 0 Å². The Morgan fingerprint density at radius 3 is 2.33 bits per heavy atom. The first kappa shape index (κ1) is 14.2. The Bertz CT molecular complexity index is 797. The molecule has 0 aliphatic carbocycles. The summed E-state index contributed by atoms with van der Waals surface area (Å²) < 4.78 is 5.23. The fraction of sp³-hybridized carbons (Fsp3) is 0. The summed E-state index contributed by atoms with van der Waals surface area (Å²) in [5, 5.41) is 5.34. The van der Waals surface area contributed by atoms with Gasteiger partial charge in [0.15, 0.2) is 0 Å². The van der Waals surface area contributed by atoms with Crippen LogP contribution in [0.25, 0.3) is 22.8 Å². The molecule has 1 aromatic heterocycles. The molecule has 0 bridgehead atoms. The topological polar surface area (TPSA) is 64.9 Å². The molecule has 2 aromatic carbocycles. The van der Waals surface area contributed by atoms with Crippen LogP contribution in [0.4, 0.5) is 5.69 Å². The van der Waals surface area contributed by atoms with E-state index in [1.165, 1.54) is 0 Å². The summed E-state index contributed by atoms with van der Waals surface area (Å²) in [6.07, 6.45) is 0. The van der Waals surface area contributed by atoms with E-state index in [0.29, 0.717) is 43.6 Å². The normalized spacial score (nSPS) is 10.8. The van der Waals surface area contributed by atoms with E-state index in [1.54, 1.807) is 36.4 Å². The van der Waals surface area contributed by atoms with E-state index < -0.39 is 0 Å². The van der Waals surface area contributed by atoms with Crippen LogP contribution < -0.4 is 5.73 Å². The molecule has 3 rings (SSSR count). The molecule has 0 unspecified atom stereocenters. The molecule has 4 nitrogen and oxygen atoms in total. The van der Waals surface area contributed by atoms with E-state index in [4.69, 9.17) is 45.1 Å². The molecule has 21 heavy (non-hydrogen) atoms. The molecule has 0 radical (unpaired) electrons. The minimum absolute atomic E-state index is 0.297. The number of hydrogen-bond acceptors (Lipinski definition) is 4. The molecule has 1 heterocycles. The lowest BCUT2D eigenvalue weighted by Gasteiger charge is -1.99. The van der Waals surface area contributed by atoms with E-state index in [-0.39, 0.29) is 0 Å². The first-order valence-electron chi connectivity index (χ1n) is 5.88. The predicted molar refractivity (Wildman–Crippen MR) is 84.6 cm³/mol. The van der Waals surface area contributed by atoms with E-state index in [1.807, 2.05) is 0 Å². The lowest BCUT2D eigenvalue weighted by molar-refractivity contribution is 0.432. The predicted octanol–water partition coefficient (Wildman–Crippen LogP) is 4.95. The number of anilines is 1.